The molecule has 2 nitrogen and oxygen atoms in total. The Morgan fingerprint density at radius 1 is 1.37 bits per heavy atom. The van der Waals surface area contributed by atoms with Crippen LogP contribution < -0.4 is 4.74 Å². The topological polar surface area (TPSA) is 18.5 Å². The molecule has 2 rings (SSSR count). The molecule has 1 unspecified atom stereocenters. The molecule has 0 amide bonds. The van der Waals surface area contributed by atoms with Crippen molar-refractivity contribution in [2.24, 2.45) is 0 Å². The molecular formula is C13H14ClF3O2. The van der Waals surface area contributed by atoms with Crippen LogP contribution in [0.1, 0.15) is 22.9 Å². The summed E-state index contributed by atoms with van der Waals surface area (Å²) in [5.41, 5.74) is 1.80. The van der Waals surface area contributed by atoms with Crippen LogP contribution in [0.25, 0.3) is 0 Å². The fourth-order valence-corrected chi connectivity index (χ4v) is 2.17. The number of aryl methyl sites for hydroxylation is 1. The van der Waals surface area contributed by atoms with E-state index in [-0.39, 0.29) is 6.61 Å². The highest BCUT2D eigenvalue weighted by Gasteiger charge is 2.28. The molecule has 106 valence electrons. The molecule has 0 bridgehead atoms. The standard InChI is InChI=1S/C13H14ClF3O2/c14-11(7-18-8-13(15,16)17)9-3-4-12-10(6-9)2-1-5-19-12/h3-4,6,11H,1-2,5,7-8H2. The molecule has 1 atom stereocenters. The van der Waals surface area contributed by atoms with Gasteiger partial charge in [-0.25, -0.2) is 0 Å². The van der Waals surface area contributed by atoms with Gasteiger partial charge in [-0.2, -0.15) is 13.2 Å². The smallest absolute Gasteiger partial charge is 0.411 e. The fraction of sp³-hybridized carbons (Fsp3) is 0.538. The van der Waals surface area contributed by atoms with Crippen LogP contribution in [0, 0.1) is 0 Å². The van der Waals surface area contributed by atoms with Gasteiger partial charge < -0.3 is 9.47 Å². The van der Waals surface area contributed by atoms with E-state index >= 15 is 0 Å². The van der Waals surface area contributed by atoms with E-state index in [4.69, 9.17) is 16.3 Å². The minimum Gasteiger partial charge on any atom is -0.493 e. The van der Waals surface area contributed by atoms with Crippen molar-refractivity contribution in [2.75, 3.05) is 19.8 Å². The number of benzene rings is 1. The van der Waals surface area contributed by atoms with Gasteiger partial charge in [-0.15, -0.1) is 11.6 Å². The van der Waals surface area contributed by atoms with Crippen LogP contribution in [-0.2, 0) is 11.2 Å². The van der Waals surface area contributed by atoms with Crippen LogP contribution in [0.3, 0.4) is 0 Å². The van der Waals surface area contributed by atoms with Gasteiger partial charge in [0.1, 0.15) is 12.4 Å². The normalized spacial score (nSPS) is 16.6. The zero-order valence-corrected chi connectivity index (χ0v) is 10.9. The predicted molar refractivity (Wildman–Crippen MR) is 65.7 cm³/mol. The summed E-state index contributed by atoms with van der Waals surface area (Å²) in [7, 11) is 0. The maximum Gasteiger partial charge on any atom is 0.411 e. The largest absolute Gasteiger partial charge is 0.493 e. The summed E-state index contributed by atoms with van der Waals surface area (Å²) in [6.07, 6.45) is -2.48. The molecule has 0 spiro atoms. The first kappa shape index (κ1) is 14.5. The first-order valence-electron chi connectivity index (χ1n) is 6.00. The third-order valence-corrected chi connectivity index (χ3v) is 3.20. The Morgan fingerprint density at radius 3 is 2.89 bits per heavy atom. The van der Waals surface area contributed by atoms with Crippen molar-refractivity contribution in [2.45, 2.75) is 24.4 Å². The van der Waals surface area contributed by atoms with Gasteiger partial charge >= 0.3 is 6.18 Å². The number of rotatable bonds is 4. The fourth-order valence-electron chi connectivity index (χ4n) is 1.95. The molecule has 1 aromatic carbocycles. The molecule has 0 N–H and O–H groups in total. The van der Waals surface area contributed by atoms with Gasteiger partial charge in [-0.05, 0) is 30.0 Å². The summed E-state index contributed by atoms with van der Waals surface area (Å²) in [4.78, 5) is 0. The van der Waals surface area contributed by atoms with Crippen molar-refractivity contribution < 1.29 is 22.6 Å². The van der Waals surface area contributed by atoms with E-state index in [1.165, 1.54) is 0 Å². The summed E-state index contributed by atoms with van der Waals surface area (Å²) in [5.74, 6) is 0.829. The second-order valence-corrected chi connectivity index (χ2v) is 4.94. The van der Waals surface area contributed by atoms with Crippen LogP contribution in [0.5, 0.6) is 5.75 Å². The van der Waals surface area contributed by atoms with Crippen LogP contribution in [-0.4, -0.2) is 26.0 Å². The summed E-state index contributed by atoms with van der Waals surface area (Å²) in [6, 6.07) is 5.45. The molecule has 1 aliphatic heterocycles. The van der Waals surface area contributed by atoms with Crippen molar-refractivity contribution in [3.8, 4) is 5.75 Å². The van der Waals surface area contributed by atoms with Crippen molar-refractivity contribution in [1.82, 2.24) is 0 Å². The maximum atomic E-state index is 11.9. The molecule has 0 aliphatic carbocycles. The van der Waals surface area contributed by atoms with Gasteiger partial charge in [-0.1, -0.05) is 12.1 Å². The number of halogens is 4. The van der Waals surface area contributed by atoms with Gasteiger partial charge in [0.05, 0.1) is 18.6 Å². The maximum absolute atomic E-state index is 11.9. The van der Waals surface area contributed by atoms with Gasteiger partial charge in [-0.3, -0.25) is 0 Å². The first-order chi connectivity index (χ1) is 8.96. The van der Waals surface area contributed by atoms with E-state index in [0.717, 1.165) is 29.7 Å². The molecule has 0 saturated heterocycles. The number of hydrogen-bond donors (Lipinski definition) is 0. The summed E-state index contributed by atoms with van der Waals surface area (Å²) >= 11 is 6.04. The van der Waals surface area contributed by atoms with Crippen LogP contribution >= 0.6 is 11.6 Å². The lowest BCUT2D eigenvalue weighted by molar-refractivity contribution is -0.173. The van der Waals surface area contributed by atoms with E-state index in [9.17, 15) is 13.2 Å². The number of fused-ring (bicyclic) bond motifs is 1. The first-order valence-corrected chi connectivity index (χ1v) is 6.43. The highest BCUT2D eigenvalue weighted by Crippen LogP contribution is 2.30. The Labute approximate surface area is 114 Å². The monoisotopic (exact) mass is 294 g/mol. The third-order valence-electron chi connectivity index (χ3n) is 2.82. The molecule has 1 aliphatic rings. The summed E-state index contributed by atoms with van der Waals surface area (Å²) in [5, 5.41) is -0.588. The van der Waals surface area contributed by atoms with Gasteiger partial charge in [0.15, 0.2) is 0 Å². The van der Waals surface area contributed by atoms with E-state index in [1.54, 1.807) is 6.07 Å². The molecule has 6 heteroatoms. The number of ether oxygens (including phenoxy) is 2. The van der Waals surface area contributed by atoms with Crippen LogP contribution in [0.2, 0.25) is 0 Å². The summed E-state index contributed by atoms with van der Waals surface area (Å²) < 4.78 is 45.9. The Hall–Kier alpha value is -0.940. The molecule has 0 aromatic heterocycles. The Bertz CT molecular complexity index is 434. The average Bonchev–Trinajstić information content (AvgIpc) is 2.36. The lowest BCUT2D eigenvalue weighted by atomic mass is 10.0. The zero-order chi connectivity index (χ0) is 13.9. The number of alkyl halides is 4. The van der Waals surface area contributed by atoms with E-state index in [2.05, 4.69) is 4.74 Å². The van der Waals surface area contributed by atoms with Crippen molar-refractivity contribution in [1.29, 1.82) is 0 Å². The van der Waals surface area contributed by atoms with Gasteiger partial charge in [0.2, 0.25) is 0 Å². The molecular weight excluding hydrogens is 281 g/mol. The van der Waals surface area contributed by atoms with Gasteiger partial charge in [0.25, 0.3) is 0 Å². The highest BCUT2D eigenvalue weighted by molar-refractivity contribution is 6.20. The lowest BCUT2D eigenvalue weighted by Gasteiger charge is -2.19. The lowest BCUT2D eigenvalue weighted by Crippen LogP contribution is -2.18. The van der Waals surface area contributed by atoms with E-state index < -0.39 is 18.2 Å². The zero-order valence-electron chi connectivity index (χ0n) is 10.2. The quantitative estimate of drug-likeness (QED) is 0.785. The second kappa shape index (κ2) is 6.01. The molecule has 1 aromatic rings. The molecule has 0 fully saturated rings. The second-order valence-electron chi connectivity index (χ2n) is 4.42. The van der Waals surface area contributed by atoms with Crippen molar-refractivity contribution in [3.63, 3.8) is 0 Å². The minimum atomic E-state index is -4.32. The van der Waals surface area contributed by atoms with E-state index in [0.29, 0.717) is 6.61 Å². The predicted octanol–water partition coefficient (Wildman–Crippen LogP) is 3.87. The van der Waals surface area contributed by atoms with Gasteiger partial charge in [0, 0.05) is 0 Å². The van der Waals surface area contributed by atoms with Crippen LogP contribution in [0.15, 0.2) is 18.2 Å². The third kappa shape index (κ3) is 4.28. The number of hydrogen-bond acceptors (Lipinski definition) is 2. The Kier molecular flexibility index (Phi) is 4.58. The molecule has 19 heavy (non-hydrogen) atoms. The van der Waals surface area contributed by atoms with Crippen LogP contribution in [0.4, 0.5) is 13.2 Å². The minimum absolute atomic E-state index is 0.166. The summed E-state index contributed by atoms with van der Waals surface area (Å²) in [6.45, 7) is -0.740. The molecule has 0 radical (unpaired) electrons. The SMILES string of the molecule is FC(F)(F)COCC(Cl)c1ccc2c(c1)CCCO2. The van der Waals surface area contributed by atoms with E-state index in [1.807, 2.05) is 12.1 Å². The average molecular weight is 295 g/mol. The molecule has 0 saturated carbocycles. The highest BCUT2D eigenvalue weighted by atomic mass is 35.5. The van der Waals surface area contributed by atoms with Crippen molar-refractivity contribution in [3.05, 3.63) is 29.3 Å². The Balaban J connectivity index is 1.94. The molecule has 1 heterocycles. The van der Waals surface area contributed by atoms with Crippen molar-refractivity contribution >= 4 is 11.6 Å². The Morgan fingerprint density at radius 2 is 2.16 bits per heavy atom.